The van der Waals surface area contributed by atoms with E-state index in [1.165, 1.54) is 0 Å². The van der Waals surface area contributed by atoms with Crippen molar-refractivity contribution in [2.24, 2.45) is 0 Å². The Morgan fingerprint density at radius 3 is 2.58 bits per heavy atom. The summed E-state index contributed by atoms with van der Waals surface area (Å²) < 4.78 is 5.04. The summed E-state index contributed by atoms with van der Waals surface area (Å²) in [5.41, 5.74) is 4.12. The van der Waals surface area contributed by atoms with Crippen LogP contribution < -0.4 is 0 Å². The lowest BCUT2D eigenvalue weighted by Gasteiger charge is -2.16. The van der Waals surface area contributed by atoms with Crippen LogP contribution in [0.15, 0.2) is 71.5 Å². The van der Waals surface area contributed by atoms with Gasteiger partial charge in [0.2, 0.25) is 0 Å². The second-order valence-corrected chi connectivity index (χ2v) is 5.56. The molecule has 3 rings (SSSR count). The number of hydrogen-bond donors (Lipinski definition) is 0. The molecule has 0 aliphatic heterocycles. The molecule has 1 aromatic heterocycles. The first kappa shape index (κ1) is 15.6. The van der Waals surface area contributed by atoms with Gasteiger partial charge >= 0.3 is 0 Å². The number of nitriles is 1. The van der Waals surface area contributed by atoms with E-state index in [0.717, 1.165) is 16.7 Å². The third kappa shape index (κ3) is 3.36. The normalized spacial score (nSPS) is 10.2. The summed E-state index contributed by atoms with van der Waals surface area (Å²) in [6, 6.07) is 18.8. The predicted molar refractivity (Wildman–Crippen MR) is 91.1 cm³/mol. The summed E-state index contributed by atoms with van der Waals surface area (Å²) in [4.78, 5) is 14.3. The minimum atomic E-state index is -0.0494. The third-order valence-corrected chi connectivity index (χ3v) is 3.80. The van der Waals surface area contributed by atoms with Gasteiger partial charge in [-0.05, 0) is 41.5 Å². The Balaban J connectivity index is 1.81. The topological polar surface area (TPSA) is 57.2 Å². The third-order valence-electron chi connectivity index (χ3n) is 3.80. The molecule has 0 N–H and O–H groups in total. The second kappa shape index (κ2) is 6.84. The minimum absolute atomic E-state index is 0.0494. The molecular weight excluding hydrogens is 300 g/mol. The molecule has 1 heterocycles. The highest BCUT2D eigenvalue weighted by Crippen LogP contribution is 2.22. The first-order valence-corrected chi connectivity index (χ1v) is 7.54. The minimum Gasteiger partial charge on any atom is -0.472 e. The summed E-state index contributed by atoms with van der Waals surface area (Å²) in [6.07, 6.45) is 3.23. The zero-order valence-electron chi connectivity index (χ0n) is 13.3. The van der Waals surface area contributed by atoms with E-state index in [2.05, 4.69) is 6.07 Å². The number of carbonyl (C=O) groups excluding carboxylic acids is 1. The van der Waals surface area contributed by atoms with Crippen LogP contribution in [0.3, 0.4) is 0 Å². The van der Waals surface area contributed by atoms with Gasteiger partial charge in [0.1, 0.15) is 0 Å². The van der Waals surface area contributed by atoms with Crippen LogP contribution in [-0.2, 0) is 6.54 Å². The standard InChI is InChI=1S/C20H16N2O2/c1-22(13-16-9-10-24-14-16)20(23)19-4-2-3-18(11-19)17-7-5-15(12-21)6-8-17/h2-11,14H,13H2,1H3. The molecule has 0 bridgehead atoms. The van der Waals surface area contributed by atoms with Crippen LogP contribution in [0, 0.1) is 11.3 Å². The molecule has 0 saturated carbocycles. The molecule has 0 radical (unpaired) electrons. The summed E-state index contributed by atoms with van der Waals surface area (Å²) in [5, 5.41) is 8.88. The van der Waals surface area contributed by atoms with E-state index in [1.807, 2.05) is 36.4 Å². The van der Waals surface area contributed by atoms with Crippen LogP contribution in [0.25, 0.3) is 11.1 Å². The number of carbonyl (C=O) groups is 1. The first-order chi connectivity index (χ1) is 11.7. The number of hydrogen-bond acceptors (Lipinski definition) is 3. The van der Waals surface area contributed by atoms with Gasteiger partial charge < -0.3 is 9.32 Å². The lowest BCUT2D eigenvalue weighted by atomic mass is 10.0. The van der Waals surface area contributed by atoms with Gasteiger partial charge in [-0.25, -0.2) is 0 Å². The Morgan fingerprint density at radius 1 is 1.12 bits per heavy atom. The van der Waals surface area contributed by atoms with Gasteiger partial charge in [0, 0.05) is 24.7 Å². The summed E-state index contributed by atoms with van der Waals surface area (Å²) in [6.45, 7) is 0.496. The lowest BCUT2D eigenvalue weighted by Crippen LogP contribution is -2.25. The Bertz CT molecular complexity index is 875. The summed E-state index contributed by atoms with van der Waals surface area (Å²) >= 11 is 0. The largest absolute Gasteiger partial charge is 0.472 e. The highest BCUT2D eigenvalue weighted by Gasteiger charge is 2.13. The monoisotopic (exact) mass is 316 g/mol. The lowest BCUT2D eigenvalue weighted by molar-refractivity contribution is 0.0785. The molecule has 0 aliphatic rings. The van der Waals surface area contributed by atoms with Crippen molar-refractivity contribution in [3.05, 3.63) is 83.8 Å². The number of benzene rings is 2. The maximum absolute atomic E-state index is 12.6. The van der Waals surface area contributed by atoms with Gasteiger partial charge in [0.15, 0.2) is 0 Å². The number of nitrogens with zero attached hydrogens (tertiary/aromatic N) is 2. The highest BCUT2D eigenvalue weighted by molar-refractivity contribution is 5.95. The molecule has 0 atom stereocenters. The van der Waals surface area contributed by atoms with E-state index in [9.17, 15) is 4.79 Å². The Kier molecular flexibility index (Phi) is 4.44. The molecule has 4 nitrogen and oxygen atoms in total. The average molecular weight is 316 g/mol. The Morgan fingerprint density at radius 2 is 1.92 bits per heavy atom. The van der Waals surface area contributed by atoms with Crippen LogP contribution in [0.2, 0.25) is 0 Å². The molecule has 0 saturated heterocycles. The molecule has 2 aromatic carbocycles. The van der Waals surface area contributed by atoms with Gasteiger partial charge in [-0.2, -0.15) is 5.26 Å². The van der Waals surface area contributed by atoms with Gasteiger partial charge in [-0.1, -0.05) is 24.3 Å². The van der Waals surface area contributed by atoms with Crippen LogP contribution in [-0.4, -0.2) is 17.9 Å². The van der Waals surface area contributed by atoms with E-state index in [4.69, 9.17) is 9.68 Å². The highest BCUT2D eigenvalue weighted by atomic mass is 16.3. The van der Waals surface area contributed by atoms with Crippen LogP contribution in [0.4, 0.5) is 0 Å². The maximum atomic E-state index is 12.6. The van der Waals surface area contributed by atoms with E-state index in [-0.39, 0.29) is 5.91 Å². The molecule has 0 aliphatic carbocycles. The van der Waals surface area contributed by atoms with Crippen molar-refractivity contribution >= 4 is 5.91 Å². The van der Waals surface area contributed by atoms with E-state index >= 15 is 0 Å². The molecule has 0 fully saturated rings. The van der Waals surface area contributed by atoms with Gasteiger partial charge in [-0.3, -0.25) is 4.79 Å². The quantitative estimate of drug-likeness (QED) is 0.728. The average Bonchev–Trinajstić information content (AvgIpc) is 3.14. The molecule has 3 aromatic rings. The molecule has 0 spiro atoms. The summed E-state index contributed by atoms with van der Waals surface area (Å²) in [7, 11) is 1.77. The number of rotatable bonds is 4. The van der Waals surface area contributed by atoms with E-state index < -0.39 is 0 Å². The van der Waals surface area contributed by atoms with Crippen LogP contribution in [0.5, 0.6) is 0 Å². The smallest absolute Gasteiger partial charge is 0.253 e. The molecule has 1 amide bonds. The maximum Gasteiger partial charge on any atom is 0.253 e. The van der Waals surface area contributed by atoms with Crippen molar-refractivity contribution < 1.29 is 9.21 Å². The Hall–Kier alpha value is -3.32. The van der Waals surface area contributed by atoms with E-state index in [0.29, 0.717) is 17.7 Å². The van der Waals surface area contributed by atoms with E-state index in [1.54, 1.807) is 42.7 Å². The molecular formula is C20H16N2O2. The predicted octanol–water partition coefficient (Wildman–Crippen LogP) is 4.09. The van der Waals surface area contributed by atoms with Crippen molar-refractivity contribution in [2.75, 3.05) is 7.05 Å². The first-order valence-electron chi connectivity index (χ1n) is 7.54. The molecule has 118 valence electrons. The zero-order chi connectivity index (χ0) is 16.9. The van der Waals surface area contributed by atoms with Crippen molar-refractivity contribution in [3.63, 3.8) is 0 Å². The van der Waals surface area contributed by atoms with Crippen molar-refractivity contribution in [2.45, 2.75) is 6.54 Å². The SMILES string of the molecule is CN(Cc1ccoc1)C(=O)c1cccc(-c2ccc(C#N)cc2)c1. The van der Waals surface area contributed by atoms with Gasteiger partial charge in [0.25, 0.3) is 5.91 Å². The van der Waals surface area contributed by atoms with Crippen LogP contribution >= 0.6 is 0 Å². The molecule has 4 heteroatoms. The van der Waals surface area contributed by atoms with Gasteiger partial charge in [0.05, 0.1) is 24.2 Å². The number of amides is 1. The Labute approximate surface area is 140 Å². The second-order valence-electron chi connectivity index (χ2n) is 5.56. The zero-order valence-corrected chi connectivity index (χ0v) is 13.3. The fourth-order valence-electron chi connectivity index (χ4n) is 2.52. The van der Waals surface area contributed by atoms with Gasteiger partial charge in [-0.15, -0.1) is 0 Å². The van der Waals surface area contributed by atoms with Crippen LogP contribution in [0.1, 0.15) is 21.5 Å². The molecule has 0 unspecified atom stereocenters. The summed E-state index contributed by atoms with van der Waals surface area (Å²) in [5.74, 6) is -0.0494. The number of furan rings is 1. The fourth-order valence-corrected chi connectivity index (χ4v) is 2.52. The fraction of sp³-hybridized carbons (Fsp3) is 0.100. The van der Waals surface area contributed by atoms with Crippen molar-refractivity contribution in [1.82, 2.24) is 4.90 Å². The van der Waals surface area contributed by atoms with Crippen molar-refractivity contribution in [1.29, 1.82) is 5.26 Å². The van der Waals surface area contributed by atoms with Crippen molar-refractivity contribution in [3.8, 4) is 17.2 Å². The molecule has 24 heavy (non-hydrogen) atoms.